The second-order valence-corrected chi connectivity index (χ2v) is 17.6. The number of carbonyl (C=O) groups excluding carboxylic acids is 2. The molecule has 1 saturated heterocycles. The quantitative estimate of drug-likeness (QED) is 0.0389. The van der Waals surface area contributed by atoms with E-state index >= 15 is 0 Å². The second kappa shape index (κ2) is 23.1. The lowest BCUT2D eigenvalue weighted by atomic mass is 10.1. The van der Waals surface area contributed by atoms with Crippen molar-refractivity contribution >= 4 is 54.6 Å². The van der Waals surface area contributed by atoms with Gasteiger partial charge in [-0.1, -0.05) is 47.5 Å². The number of aliphatic imine (C=N–C) groups is 2. The molecule has 69 heavy (non-hydrogen) atoms. The number of rotatable bonds is 10. The van der Waals surface area contributed by atoms with Crippen molar-refractivity contribution in [3.05, 3.63) is 177 Å². The Kier molecular flexibility index (Phi) is 16.6. The van der Waals surface area contributed by atoms with Crippen molar-refractivity contribution in [3.8, 4) is 5.88 Å². The number of hydrogen-bond donors (Lipinski definition) is 7. The van der Waals surface area contributed by atoms with Gasteiger partial charge >= 0.3 is 7.82 Å². The minimum atomic E-state index is -4.81. The van der Waals surface area contributed by atoms with Gasteiger partial charge in [0.2, 0.25) is 23.4 Å². The Morgan fingerprint density at radius 1 is 0.696 bits per heavy atom. The fraction of sp³-hybridized carbons (Fsp3) is 0.240. The van der Waals surface area contributed by atoms with Gasteiger partial charge in [0, 0.05) is 47.8 Å². The van der Waals surface area contributed by atoms with Crippen LogP contribution in [0, 0.1) is 25.5 Å². The molecule has 3 heterocycles. The molecule has 0 atom stereocenters. The van der Waals surface area contributed by atoms with Crippen LogP contribution in [0.4, 0.5) is 31.8 Å². The number of H-pyrrole nitrogens is 1. The topological polar surface area (TPSA) is 229 Å². The number of nitrogens with zero attached hydrogens (tertiary/aromatic N) is 3. The molecule has 0 unspecified atom stereocenters. The molecule has 9 rings (SSSR count). The lowest BCUT2D eigenvalue weighted by Gasteiger charge is -2.15. The zero-order valence-electron chi connectivity index (χ0n) is 37.7. The van der Waals surface area contributed by atoms with Crippen LogP contribution in [0.15, 0.2) is 136 Å². The molecule has 16 nitrogen and oxygen atoms in total. The van der Waals surface area contributed by atoms with E-state index in [-0.39, 0.29) is 64.4 Å². The number of benzene rings is 4. The number of hydrogen-bond acceptors (Lipinski definition) is 9. The number of phosphoric acid groups is 1. The maximum Gasteiger partial charge on any atom is 0.526 e. The molecule has 0 radical (unpaired) electrons. The van der Waals surface area contributed by atoms with Crippen LogP contribution in [0.5, 0.6) is 5.88 Å². The van der Waals surface area contributed by atoms with Crippen LogP contribution in [-0.4, -0.2) is 56.7 Å². The summed E-state index contributed by atoms with van der Waals surface area (Å²) in [4.78, 5) is 70.5. The highest BCUT2D eigenvalue weighted by Crippen LogP contribution is 2.45. The summed E-state index contributed by atoms with van der Waals surface area (Å²) >= 11 is 0. The number of aryl methyl sites for hydroxylation is 2. The van der Waals surface area contributed by atoms with E-state index in [0.717, 1.165) is 61.2 Å². The molecule has 19 heteroatoms. The highest BCUT2D eigenvalue weighted by molar-refractivity contribution is 7.46. The van der Waals surface area contributed by atoms with Gasteiger partial charge in [-0.3, -0.25) is 34.8 Å². The van der Waals surface area contributed by atoms with E-state index in [1.807, 2.05) is 26.0 Å². The molecule has 358 valence electrons. The number of halogens is 2. The summed E-state index contributed by atoms with van der Waals surface area (Å²) in [6.07, 6.45) is 6.41. The standard InChI is InChI=1S/C23H22FN4O5P.C23H21FN4O2.C4H8O/c1-14-5-7-16(8-6-14)22(29)28-23(25-19-12-11-17(24)13-18(19)15-9-10-15)27-20-3-2-4-21(26-20)33-34(30,31)32;1-14-5-7-16(8-6-14)22(30)28-23(27-20-3-2-4-21(29)26-20)25-19-12-11-17(24)13-18(19)15-9-10-15;1-2-4-5-3-1/h2-8,11-13,15H,9-10H2,1H3,(H2,30,31,32)(H2,25,26,27,28,29);2-8,11-13,15H,9-10H2,1H3,(H3,25,26,27,28,29,30);1-4H2. The van der Waals surface area contributed by atoms with E-state index in [2.05, 4.69) is 45.7 Å². The van der Waals surface area contributed by atoms with Crippen molar-refractivity contribution in [2.75, 3.05) is 23.8 Å². The predicted molar refractivity (Wildman–Crippen MR) is 260 cm³/mol. The SMILES string of the molecule is C1CCOC1.Cc1ccc(C(=O)NC(=Nc2cccc(=O)[nH]2)Nc2ccc(F)cc2C2CC2)cc1.Cc1ccc(C(=O)NC(=Nc2cccc(OP(=O)(O)O)n2)Nc2ccc(F)cc2C2CC2)cc1. The number of nitrogens with one attached hydrogen (secondary N) is 5. The first-order valence-electron chi connectivity index (χ1n) is 22.2. The molecule has 3 fully saturated rings. The van der Waals surface area contributed by atoms with E-state index in [9.17, 15) is 27.7 Å². The summed E-state index contributed by atoms with van der Waals surface area (Å²) in [5.41, 5.74) is 5.45. The molecular formula is C50H51F2N8O8P. The van der Waals surface area contributed by atoms with Crippen molar-refractivity contribution in [2.24, 2.45) is 9.98 Å². The van der Waals surface area contributed by atoms with Gasteiger partial charge in [0.15, 0.2) is 5.82 Å². The summed E-state index contributed by atoms with van der Waals surface area (Å²) < 4.78 is 48.2. The van der Waals surface area contributed by atoms with Crippen molar-refractivity contribution in [1.29, 1.82) is 0 Å². The second-order valence-electron chi connectivity index (χ2n) is 16.5. The van der Waals surface area contributed by atoms with E-state index in [4.69, 9.17) is 14.5 Å². The van der Waals surface area contributed by atoms with Crippen LogP contribution in [0.2, 0.25) is 0 Å². The smallest absolute Gasteiger partial charge is 0.386 e. The average molecular weight is 961 g/mol. The average Bonchev–Trinajstić information content (AvgIpc) is 4.26. The highest BCUT2D eigenvalue weighted by atomic mass is 31.2. The Bertz CT molecular complexity index is 2930. The number of phosphoric ester groups is 1. The minimum Gasteiger partial charge on any atom is -0.386 e. The Labute approximate surface area is 396 Å². The molecule has 3 aliphatic rings. The van der Waals surface area contributed by atoms with Crippen LogP contribution in [0.25, 0.3) is 0 Å². The lowest BCUT2D eigenvalue weighted by Crippen LogP contribution is -2.36. The van der Waals surface area contributed by atoms with Crippen LogP contribution in [0.3, 0.4) is 0 Å². The predicted octanol–water partition coefficient (Wildman–Crippen LogP) is 9.43. The first kappa shape index (κ1) is 49.5. The first-order valence-corrected chi connectivity index (χ1v) is 23.7. The molecule has 2 amide bonds. The summed E-state index contributed by atoms with van der Waals surface area (Å²) in [5, 5.41) is 11.6. The lowest BCUT2D eigenvalue weighted by molar-refractivity contribution is 0.0968. The fourth-order valence-electron chi connectivity index (χ4n) is 6.84. The molecule has 2 saturated carbocycles. The Hall–Kier alpha value is -7.37. The largest absolute Gasteiger partial charge is 0.526 e. The monoisotopic (exact) mass is 960 g/mol. The third-order valence-electron chi connectivity index (χ3n) is 10.6. The number of anilines is 2. The summed E-state index contributed by atoms with van der Waals surface area (Å²) in [6, 6.07) is 31.6. The number of ether oxygens (including phenoxy) is 1. The van der Waals surface area contributed by atoms with Crippen LogP contribution in [-0.2, 0) is 9.30 Å². The van der Waals surface area contributed by atoms with Crippen molar-refractivity contribution in [1.82, 2.24) is 20.6 Å². The maximum absolute atomic E-state index is 13.8. The van der Waals surface area contributed by atoms with Gasteiger partial charge in [0.05, 0.1) is 0 Å². The number of aromatic amines is 1. The Balaban J connectivity index is 0.000000186. The van der Waals surface area contributed by atoms with Gasteiger partial charge in [-0.05, 0) is 148 Å². The van der Waals surface area contributed by atoms with E-state index in [1.54, 1.807) is 60.7 Å². The zero-order valence-corrected chi connectivity index (χ0v) is 38.6. The molecule has 1 aliphatic heterocycles. The van der Waals surface area contributed by atoms with Gasteiger partial charge in [-0.2, -0.15) is 15.0 Å². The number of aromatic nitrogens is 2. The molecule has 2 aromatic heterocycles. The van der Waals surface area contributed by atoms with Crippen LogP contribution >= 0.6 is 7.82 Å². The van der Waals surface area contributed by atoms with E-state index in [0.29, 0.717) is 22.5 Å². The number of amides is 2. The number of guanidine groups is 2. The van der Waals surface area contributed by atoms with Crippen molar-refractivity contribution in [2.45, 2.75) is 64.2 Å². The minimum absolute atomic E-state index is 0.0000808. The summed E-state index contributed by atoms with van der Waals surface area (Å²) in [6.45, 7) is 5.85. The Morgan fingerprint density at radius 2 is 1.19 bits per heavy atom. The molecule has 6 aromatic rings. The molecule has 4 aromatic carbocycles. The third kappa shape index (κ3) is 15.9. The third-order valence-corrected chi connectivity index (χ3v) is 11.0. The maximum atomic E-state index is 13.8. The van der Waals surface area contributed by atoms with Crippen molar-refractivity contribution in [3.63, 3.8) is 0 Å². The van der Waals surface area contributed by atoms with Crippen molar-refractivity contribution < 1.29 is 42.0 Å². The van der Waals surface area contributed by atoms with Gasteiger partial charge in [-0.25, -0.2) is 13.3 Å². The summed E-state index contributed by atoms with van der Waals surface area (Å²) in [7, 11) is -4.81. The molecule has 2 aliphatic carbocycles. The van der Waals surface area contributed by atoms with Gasteiger partial charge in [0.25, 0.3) is 11.8 Å². The molecular weight excluding hydrogens is 910 g/mol. The van der Waals surface area contributed by atoms with Gasteiger partial charge < -0.3 is 24.9 Å². The van der Waals surface area contributed by atoms with E-state index < -0.39 is 13.7 Å². The molecule has 0 spiro atoms. The van der Waals surface area contributed by atoms with Crippen LogP contribution < -0.4 is 31.4 Å². The first-order chi connectivity index (χ1) is 33.1. The Morgan fingerprint density at radius 3 is 1.64 bits per heavy atom. The fourth-order valence-corrected chi connectivity index (χ4v) is 7.19. The number of carbonyl (C=O) groups is 2. The van der Waals surface area contributed by atoms with Gasteiger partial charge in [-0.15, -0.1) is 0 Å². The highest BCUT2D eigenvalue weighted by Gasteiger charge is 2.28. The zero-order chi connectivity index (χ0) is 48.9. The van der Waals surface area contributed by atoms with Crippen LogP contribution in [0.1, 0.15) is 93.3 Å². The number of pyridine rings is 2. The molecule has 0 bridgehead atoms. The molecule has 7 N–H and O–H groups in total. The normalized spacial score (nSPS) is 14.6. The summed E-state index contributed by atoms with van der Waals surface area (Å²) in [5.74, 6) is -0.861. The van der Waals surface area contributed by atoms with E-state index in [1.165, 1.54) is 61.4 Å². The van der Waals surface area contributed by atoms with Gasteiger partial charge in [0.1, 0.15) is 17.5 Å².